The number of aliphatic hydroxyl groups is 1. The molecule has 14 heavy (non-hydrogen) atoms. The van der Waals surface area contributed by atoms with E-state index in [-0.39, 0.29) is 12.6 Å². The molecule has 0 saturated carbocycles. The lowest BCUT2D eigenvalue weighted by Gasteiger charge is -2.11. The average molecular weight is 200 g/mol. The zero-order valence-corrected chi connectivity index (χ0v) is 8.26. The number of aromatic nitrogens is 3. The predicted octanol–water partition coefficient (Wildman–Crippen LogP) is -0.693. The minimum absolute atomic E-state index is 0.0539. The number of nitrogens with zero attached hydrogens (tertiary/aromatic N) is 3. The van der Waals surface area contributed by atoms with Crippen LogP contribution in [0.25, 0.3) is 0 Å². The summed E-state index contributed by atoms with van der Waals surface area (Å²) in [6.45, 7) is 1.33. The molecule has 80 valence electrons. The molecule has 0 aliphatic heterocycles. The van der Waals surface area contributed by atoms with Gasteiger partial charge in [-0.25, -0.2) is 0 Å². The number of methoxy groups -OCH3 is 1. The van der Waals surface area contributed by atoms with E-state index in [1.165, 1.54) is 0 Å². The van der Waals surface area contributed by atoms with Crippen LogP contribution in [-0.4, -0.2) is 40.2 Å². The molecule has 1 heterocycles. The molecular weight excluding hydrogens is 184 g/mol. The van der Waals surface area contributed by atoms with Crippen LogP contribution in [0.5, 0.6) is 0 Å². The Balaban J connectivity index is 2.61. The number of nitrogens with two attached hydrogens (primary N) is 1. The van der Waals surface area contributed by atoms with Crippen LogP contribution in [0.4, 0.5) is 0 Å². The highest BCUT2D eigenvalue weighted by atomic mass is 16.5. The van der Waals surface area contributed by atoms with Crippen molar-refractivity contribution in [3.8, 4) is 0 Å². The molecule has 0 radical (unpaired) electrons. The first-order valence-electron chi connectivity index (χ1n) is 4.52. The standard InChI is InChI=1S/C8H16N4O2/c1-14-5-3-12-6-10-11-8(12)7(9)2-4-13/h6-7,13H,2-5,9H2,1H3. The van der Waals surface area contributed by atoms with Crippen LogP contribution in [0.15, 0.2) is 6.33 Å². The van der Waals surface area contributed by atoms with Crippen LogP contribution in [0.1, 0.15) is 18.3 Å². The molecule has 1 unspecified atom stereocenters. The SMILES string of the molecule is COCCn1cnnc1C(N)CCO. The molecule has 0 amide bonds. The highest BCUT2D eigenvalue weighted by molar-refractivity contribution is 4.93. The van der Waals surface area contributed by atoms with Crippen molar-refractivity contribution in [1.29, 1.82) is 0 Å². The molecule has 6 heteroatoms. The van der Waals surface area contributed by atoms with Gasteiger partial charge in [-0.3, -0.25) is 0 Å². The van der Waals surface area contributed by atoms with Crippen molar-refractivity contribution in [3.63, 3.8) is 0 Å². The van der Waals surface area contributed by atoms with Crippen LogP contribution < -0.4 is 5.73 Å². The van der Waals surface area contributed by atoms with Crippen molar-refractivity contribution in [1.82, 2.24) is 14.8 Å². The van der Waals surface area contributed by atoms with Gasteiger partial charge < -0.3 is 20.1 Å². The summed E-state index contributed by atoms with van der Waals surface area (Å²) in [5.41, 5.74) is 5.80. The Morgan fingerprint density at radius 1 is 1.71 bits per heavy atom. The first-order valence-corrected chi connectivity index (χ1v) is 4.52. The molecule has 0 saturated heterocycles. The molecule has 0 aromatic carbocycles. The molecule has 1 aromatic heterocycles. The molecule has 1 atom stereocenters. The quantitative estimate of drug-likeness (QED) is 0.634. The number of ether oxygens (including phenoxy) is 1. The average Bonchev–Trinajstić information content (AvgIpc) is 2.63. The van der Waals surface area contributed by atoms with Crippen LogP contribution in [0.2, 0.25) is 0 Å². The first kappa shape index (κ1) is 11.1. The smallest absolute Gasteiger partial charge is 0.149 e. The monoisotopic (exact) mass is 200 g/mol. The third-order valence-electron chi connectivity index (χ3n) is 1.95. The van der Waals surface area contributed by atoms with Crippen molar-refractivity contribution < 1.29 is 9.84 Å². The number of hydrogen-bond donors (Lipinski definition) is 2. The minimum atomic E-state index is -0.264. The number of rotatable bonds is 6. The molecule has 1 aromatic rings. The van der Waals surface area contributed by atoms with Gasteiger partial charge >= 0.3 is 0 Å². The Morgan fingerprint density at radius 3 is 3.14 bits per heavy atom. The van der Waals surface area contributed by atoms with Gasteiger partial charge in [0.15, 0.2) is 0 Å². The normalized spacial score (nSPS) is 13.1. The summed E-state index contributed by atoms with van der Waals surface area (Å²) < 4.78 is 6.78. The van der Waals surface area contributed by atoms with E-state index in [9.17, 15) is 0 Å². The summed E-state index contributed by atoms with van der Waals surface area (Å²) in [7, 11) is 1.64. The maximum atomic E-state index is 8.74. The lowest BCUT2D eigenvalue weighted by Crippen LogP contribution is -2.19. The third kappa shape index (κ3) is 2.76. The lowest BCUT2D eigenvalue weighted by molar-refractivity contribution is 0.185. The second kappa shape index (κ2) is 5.69. The largest absolute Gasteiger partial charge is 0.396 e. The summed E-state index contributed by atoms with van der Waals surface area (Å²) >= 11 is 0. The van der Waals surface area contributed by atoms with Gasteiger partial charge in [0.2, 0.25) is 0 Å². The molecule has 0 bridgehead atoms. The van der Waals surface area contributed by atoms with Crippen molar-refractivity contribution in [3.05, 3.63) is 12.2 Å². The van der Waals surface area contributed by atoms with Crippen molar-refractivity contribution in [2.45, 2.75) is 19.0 Å². The van der Waals surface area contributed by atoms with Gasteiger partial charge in [-0.2, -0.15) is 0 Å². The zero-order valence-electron chi connectivity index (χ0n) is 8.26. The van der Waals surface area contributed by atoms with E-state index in [1.54, 1.807) is 13.4 Å². The fourth-order valence-electron chi connectivity index (χ4n) is 1.18. The molecule has 6 nitrogen and oxygen atoms in total. The van der Waals surface area contributed by atoms with Crippen molar-refractivity contribution >= 4 is 0 Å². The zero-order chi connectivity index (χ0) is 10.4. The van der Waals surface area contributed by atoms with E-state index in [0.29, 0.717) is 25.4 Å². The fraction of sp³-hybridized carbons (Fsp3) is 0.750. The number of hydrogen-bond acceptors (Lipinski definition) is 5. The van der Waals surface area contributed by atoms with Gasteiger partial charge in [0.05, 0.1) is 12.6 Å². The Labute approximate surface area is 82.7 Å². The second-order valence-corrected chi connectivity index (χ2v) is 2.99. The fourth-order valence-corrected chi connectivity index (χ4v) is 1.18. The molecule has 0 aliphatic rings. The summed E-state index contributed by atoms with van der Waals surface area (Å²) in [5, 5.41) is 16.4. The molecular formula is C8H16N4O2. The van der Waals surface area contributed by atoms with Gasteiger partial charge in [0.1, 0.15) is 12.2 Å². The van der Waals surface area contributed by atoms with Crippen LogP contribution in [-0.2, 0) is 11.3 Å². The Hall–Kier alpha value is -0.980. The topological polar surface area (TPSA) is 86.2 Å². The van der Waals surface area contributed by atoms with E-state index in [0.717, 1.165) is 0 Å². The first-order chi connectivity index (χ1) is 6.79. The number of aliphatic hydroxyl groups excluding tert-OH is 1. The van der Waals surface area contributed by atoms with E-state index in [1.807, 2.05) is 4.57 Å². The molecule has 0 spiro atoms. The highest BCUT2D eigenvalue weighted by Gasteiger charge is 2.12. The van der Waals surface area contributed by atoms with E-state index >= 15 is 0 Å². The molecule has 0 aliphatic carbocycles. The summed E-state index contributed by atoms with van der Waals surface area (Å²) in [6, 6.07) is -0.264. The Morgan fingerprint density at radius 2 is 2.50 bits per heavy atom. The minimum Gasteiger partial charge on any atom is -0.396 e. The Bertz CT molecular complexity index is 264. The summed E-state index contributed by atoms with van der Waals surface area (Å²) in [6.07, 6.45) is 2.11. The van der Waals surface area contributed by atoms with Crippen LogP contribution >= 0.6 is 0 Å². The lowest BCUT2D eigenvalue weighted by atomic mass is 10.2. The highest BCUT2D eigenvalue weighted by Crippen LogP contribution is 2.09. The maximum Gasteiger partial charge on any atom is 0.149 e. The molecule has 3 N–H and O–H groups in total. The van der Waals surface area contributed by atoms with E-state index in [4.69, 9.17) is 15.6 Å². The second-order valence-electron chi connectivity index (χ2n) is 2.99. The van der Waals surface area contributed by atoms with Crippen molar-refractivity contribution in [2.24, 2.45) is 5.73 Å². The van der Waals surface area contributed by atoms with Crippen molar-refractivity contribution in [2.75, 3.05) is 20.3 Å². The van der Waals surface area contributed by atoms with Crippen LogP contribution in [0.3, 0.4) is 0 Å². The van der Waals surface area contributed by atoms with E-state index in [2.05, 4.69) is 10.2 Å². The Kier molecular flexibility index (Phi) is 4.51. The molecule has 0 fully saturated rings. The van der Waals surface area contributed by atoms with Gasteiger partial charge in [-0.1, -0.05) is 0 Å². The van der Waals surface area contributed by atoms with Gasteiger partial charge in [0.25, 0.3) is 0 Å². The van der Waals surface area contributed by atoms with Gasteiger partial charge in [-0.15, -0.1) is 10.2 Å². The predicted molar refractivity (Wildman–Crippen MR) is 50.5 cm³/mol. The van der Waals surface area contributed by atoms with Gasteiger partial charge in [-0.05, 0) is 6.42 Å². The summed E-state index contributed by atoms with van der Waals surface area (Å²) in [5.74, 6) is 0.691. The summed E-state index contributed by atoms with van der Waals surface area (Å²) in [4.78, 5) is 0. The van der Waals surface area contributed by atoms with E-state index < -0.39 is 0 Å². The van der Waals surface area contributed by atoms with Gasteiger partial charge in [0, 0.05) is 20.3 Å². The molecule has 1 rings (SSSR count). The van der Waals surface area contributed by atoms with Crippen LogP contribution in [0, 0.1) is 0 Å². The third-order valence-corrected chi connectivity index (χ3v) is 1.95. The maximum absolute atomic E-state index is 8.74.